The Kier molecular flexibility index (Phi) is 7.21. The summed E-state index contributed by atoms with van der Waals surface area (Å²) in [5, 5.41) is 12.0. The minimum Gasteiger partial charge on any atom is -0.493 e. The molecule has 0 spiro atoms. The molecule has 0 saturated carbocycles. The molecule has 0 radical (unpaired) electrons. The molecule has 1 aromatic heterocycles. The zero-order valence-electron chi connectivity index (χ0n) is 19.5. The third-order valence-electron chi connectivity index (χ3n) is 5.54. The minimum absolute atomic E-state index is 0. The molecule has 3 aromatic carbocycles. The lowest BCUT2D eigenvalue weighted by molar-refractivity contribution is 0.102. The topological polar surface area (TPSA) is 84.2 Å². The van der Waals surface area contributed by atoms with Crippen molar-refractivity contribution in [1.29, 1.82) is 5.26 Å². The second-order valence-corrected chi connectivity index (χ2v) is 7.80. The number of benzene rings is 3. The Bertz CT molecular complexity index is 1440. The first-order chi connectivity index (χ1) is 17.4. The SMILES string of the molecule is COc1cc(C#N)ccc1Oc1ncc(-c2ccc(C(F)F)cc2)c(C)c1C(=O)Nc1ccccc1.[HH]. The van der Waals surface area contributed by atoms with Crippen molar-refractivity contribution in [3.63, 3.8) is 0 Å². The summed E-state index contributed by atoms with van der Waals surface area (Å²) in [6.07, 6.45) is -1.05. The van der Waals surface area contributed by atoms with Gasteiger partial charge < -0.3 is 14.8 Å². The Morgan fingerprint density at radius 2 is 1.78 bits per heavy atom. The molecular formula is C28H23F2N3O3. The van der Waals surface area contributed by atoms with E-state index in [0.717, 1.165) is 0 Å². The number of carbonyl (C=O) groups excluding carboxylic acids is 1. The average Bonchev–Trinajstić information content (AvgIpc) is 2.89. The summed E-state index contributed by atoms with van der Waals surface area (Å²) in [5.41, 5.74) is 2.79. The number of hydrogen-bond acceptors (Lipinski definition) is 5. The molecule has 0 aliphatic carbocycles. The summed E-state index contributed by atoms with van der Waals surface area (Å²) in [6.45, 7) is 1.74. The fourth-order valence-electron chi connectivity index (χ4n) is 3.66. The highest BCUT2D eigenvalue weighted by molar-refractivity contribution is 6.08. The Labute approximate surface area is 208 Å². The van der Waals surface area contributed by atoms with Gasteiger partial charge in [0, 0.05) is 30.5 Å². The molecule has 182 valence electrons. The van der Waals surface area contributed by atoms with Crippen molar-refractivity contribution in [2.24, 2.45) is 0 Å². The monoisotopic (exact) mass is 487 g/mol. The van der Waals surface area contributed by atoms with Crippen LogP contribution in [0.1, 0.15) is 34.9 Å². The number of carbonyl (C=O) groups is 1. The van der Waals surface area contributed by atoms with Crippen LogP contribution in [0.5, 0.6) is 17.4 Å². The molecule has 4 rings (SSSR count). The summed E-state index contributed by atoms with van der Waals surface area (Å²) < 4.78 is 37.4. The fraction of sp³-hybridized carbons (Fsp3) is 0.107. The maximum atomic E-state index is 13.4. The first-order valence-electron chi connectivity index (χ1n) is 10.9. The summed E-state index contributed by atoms with van der Waals surface area (Å²) in [6, 6.07) is 21.4. The highest BCUT2D eigenvalue weighted by atomic mass is 19.3. The van der Waals surface area contributed by atoms with E-state index in [2.05, 4.69) is 10.3 Å². The lowest BCUT2D eigenvalue weighted by Gasteiger charge is -2.17. The lowest BCUT2D eigenvalue weighted by atomic mass is 9.97. The predicted octanol–water partition coefficient (Wildman–Crippen LogP) is 7.17. The number of rotatable bonds is 7. The minimum atomic E-state index is -2.58. The number of methoxy groups -OCH3 is 1. The van der Waals surface area contributed by atoms with Gasteiger partial charge in [-0.3, -0.25) is 4.79 Å². The number of para-hydroxylation sites is 1. The molecule has 0 saturated heterocycles. The number of halogens is 2. The standard InChI is InChI=1S/C28H21F2N3O3.H2/c1-17-22(19-9-11-20(12-10-19)26(29)30)16-32-28(25(17)27(34)33-21-6-4-3-5-7-21)36-23-13-8-18(15-31)14-24(23)35-2;/h3-14,16,26H,1-2H3,(H,33,34);1H. The van der Waals surface area contributed by atoms with Gasteiger partial charge in [0.15, 0.2) is 11.5 Å². The molecule has 4 aromatic rings. The highest BCUT2D eigenvalue weighted by Crippen LogP contribution is 2.37. The van der Waals surface area contributed by atoms with Gasteiger partial charge in [0.2, 0.25) is 5.88 Å². The van der Waals surface area contributed by atoms with Crippen LogP contribution in [-0.2, 0) is 0 Å². The Morgan fingerprint density at radius 3 is 2.42 bits per heavy atom. The van der Waals surface area contributed by atoms with Gasteiger partial charge in [-0.1, -0.05) is 42.5 Å². The van der Waals surface area contributed by atoms with Crippen molar-refractivity contribution >= 4 is 11.6 Å². The molecule has 0 fully saturated rings. The molecule has 0 atom stereocenters. The van der Waals surface area contributed by atoms with E-state index in [9.17, 15) is 13.6 Å². The van der Waals surface area contributed by atoms with E-state index in [1.54, 1.807) is 55.5 Å². The number of ether oxygens (including phenoxy) is 2. The van der Waals surface area contributed by atoms with Crippen molar-refractivity contribution in [3.05, 3.63) is 101 Å². The zero-order valence-corrected chi connectivity index (χ0v) is 19.5. The largest absolute Gasteiger partial charge is 0.493 e. The second kappa shape index (κ2) is 10.7. The number of hydrogen-bond donors (Lipinski definition) is 1. The molecule has 0 bridgehead atoms. The number of nitrogens with one attached hydrogen (secondary N) is 1. The number of amides is 1. The summed E-state index contributed by atoms with van der Waals surface area (Å²) in [7, 11) is 1.44. The van der Waals surface area contributed by atoms with Crippen molar-refractivity contribution in [2.45, 2.75) is 13.3 Å². The van der Waals surface area contributed by atoms with Crippen molar-refractivity contribution in [1.82, 2.24) is 4.98 Å². The first kappa shape index (κ1) is 24.4. The molecule has 1 amide bonds. The summed E-state index contributed by atoms with van der Waals surface area (Å²) >= 11 is 0. The number of alkyl halides is 2. The van der Waals surface area contributed by atoms with E-state index >= 15 is 0 Å². The number of aromatic nitrogens is 1. The zero-order chi connectivity index (χ0) is 25.7. The summed E-state index contributed by atoms with van der Waals surface area (Å²) in [4.78, 5) is 17.8. The van der Waals surface area contributed by atoms with Crippen LogP contribution in [0, 0.1) is 18.3 Å². The van der Waals surface area contributed by atoms with E-state index in [1.165, 1.54) is 31.5 Å². The number of nitrogens with zero attached hydrogens (tertiary/aromatic N) is 2. The molecule has 6 nitrogen and oxygen atoms in total. The number of anilines is 1. The summed E-state index contributed by atoms with van der Waals surface area (Å²) in [5.74, 6) is 0.137. The van der Waals surface area contributed by atoms with Crippen molar-refractivity contribution in [3.8, 4) is 34.6 Å². The van der Waals surface area contributed by atoms with E-state index < -0.39 is 12.3 Å². The van der Waals surface area contributed by atoms with E-state index in [1.807, 2.05) is 12.1 Å². The average molecular weight is 488 g/mol. The van der Waals surface area contributed by atoms with E-state index in [-0.39, 0.29) is 24.2 Å². The second-order valence-electron chi connectivity index (χ2n) is 7.80. The van der Waals surface area contributed by atoms with Gasteiger partial charge in [-0.05, 0) is 42.3 Å². The molecule has 0 aliphatic rings. The van der Waals surface area contributed by atoms with Gasteiger partial charge in [-0.15, -0.1) is 0 Å². The van der Waals surface area contributed by atoms with Crippen LogP contribution < -0.4 is 14.8 Å². The first-order valence-corrected chi connectivity index (χ1v) is 10.9. The van der Waals surface area contributed by atoms with Crippen LogP contribution in [-0.4, -0.2) is 18.0 Å². The smallest absolute Gasteiger partial charge is 0.263 e. The Morgan fingerprint density at radius 1 is 1.06 bits per heavy atom. The van der Waals surface area contributed by atoms with Gasteiger partial charge in [0.25, 0.3) is 12.3 Å². The molecule has 1 heterocycles. The van der Waals surface area contributed by atoms with E-state index in [4.69, 9.17) is 14.7 Å². The van der Waals surface area contributed by atoms with Crippen molar-refractivity contribution < 1.29 is 24.5 Å². The maximum Gasteiger partial charge on any atom is 0.263 e. The van der Waals surface area contributed by atoms with Gasteiger partial charge >= 0.3 is 0 Å². The molecule has 0 unspecified atom stereocenters. The molecule has 8 heteroatoms. The molecule has 0 aliphatic heterocycles. The number of pyridine rings is 1. The van der Waals surface area contributed by atoms with Crippen LogP contribution >= 0.6 is 0 Å². The molecular weight excluding hydrogens is 464 g/mol. The molecule has 1 N–H and O–H groups in total. The fourth-order valence-corrected chi connectivity index (χ4v) is 3.66. The third kappa shape index (κ3) is 5.15. The third-order valence-corrected chi connectivity index (χ3v) is 5.54. The maximum absolute atomic E-state index is 13.4. The highest BCUT2D eigenvalue weighted by Gasteiger charge is 2.23. The lowest BCUT2D eigenvalue weighted by Crippen LogP contribution is -2.16. The quantitative estimate of drug-likeness (QED) is 0.299. The Hall–Kier alpha value is -4.77. The van der Waals surface area contributed by atoms with Crippen LogP contribution in [0.2, 0.25) is 0 Å². The van der Waals surface area contributed by atoms with Crippen LogP contribution in [0.25, 0.3) is 11.1 Å². The molecule has 36 heavy (non-hydrogen) atoms. The van der Waals surface area contributed by atoms with Gasteiger partial charge in [-0.25, -0.2) is 13.8 Å². The van der Waals surface area contributed by atoms with Gasteiger partial charge in [0.1, 0.15) is 5.56 Å². The van der Waals surface area contributed by atoms with Gasteiger partial charge in [-0.2, -0.15) is 5.26 Å². The van der Waals surface area contributed by atoms with Crippen LogP contribution in [0.4, 0.5) is 14.5 Å². The van der Waals surface area contributed by atoms with Crippen LogP contribution in [0.3, 0.4) is 0 Å². The number of nitriles is 1. The normalized spacial score (nSPS) is 10.6. The van der Waals surface area contributed by atoms with Crippen molar-refractivity contribution in [2.75, 3.05) is 12.4 Å². The Balaban J connectivity index is 0.00000380. The van der Waals surface area contributed by atoms with Gasteiger partial charge in [0.05, 0.1) is 18.7 Å². The predicted molar refractivity (Wildman–Crippen MR) is 134 cm³/mol. The van der Waals surface area contributed by atoms with Crippen LogP contribution in [0.15, 0.2) is 79.0 Å². The van der Waals surface area contributed by atoms with E-state index in [0.29, 0.717) is 33.7 Å².